The Morgan fingerprint density at radius 1 is 1.05 bits per heavy atom. The van der Waals surface area contributed by atoms with Gasteiger partial charge in [0, 0.05) is 25.0 Å². The highest BCUT2D eigenvalue weighted by Gasteiger charge is 2.10. The van der Waals surface area contributed by atoms with E-state index in [1.54, 1.807) is 0 Å². The van der Waals surface area contributed by atoms with Crippen LogP contribution in [0.5, 0.6) is 0 Å². The third-order valence-electron chi connectivity index (χ3n) is 3.36. The normalized spacial score (nSPS) is 10.5. The van der Waals surface area contributed by atoms with Gasteiger partial charge in [0.2, 0.25) is 0 Å². The molecule has 2 rings (SSSR count). The van der Waals surface area contributed by atoms with E-state index < -0.39 is 0 Å². The molecule has 3 nitrogen and oxygen atoms in total. The molecule has 0 spiro atoms. The fraction of sp³-hybridized carbons (Fsp3) is 0.353. The molecule has 1 heterocycles. The van der Waals surface area contributed by atoms with Crippen molar-refractivity contribution in [1.29, 1.82) is 0 Å². The van der Waals surface area contributed by atoms with Gasteiger partial charge in [0.05, 0.1) is 12.2 Å². The smallest absolute Gasteiger partial charge is 0.0602 e. The Morgan fingerprint density at radius 2 is 1.85 bits per heavy atom. The average Bonchev–Trinajstić information content (AvgIpc) is 2.52. The largest absolute Gasteiger partial charge is 0.366 e. The van der Waals surface area contributed by atoms with Crippen LogP contribution in [0.25, 0.3) is 0 Å². The minimum atomic E-state index is 0.848. The maximum Gasteiger partial charge on any atom is 0.0602 e. The molecule has 0 aliphatic carbocycles. The summed E-state index contributed by atoms with van der Waals surface area (Å²) in [6.07, 6.45) is 1.85. The second-order valence-corrected chi connectivity index (χ2v) is 4.74. The van der Waals surface area contributed by atoms with E-state index in [1.165, 1.54) is 11.3 Å². The van der Waals surface area contributed by atoms with Crippen LogP contribution in [0.3, 0.4) is 0 Å². The first-order valence-electron chi connectivity index (χ1n) is 7.28. The fourth-order valence-corrected chi connectivity index (χ4v) is 2.28. The zero-order chi connectivity index (χ0) is 14.2. The molecule has 0 unspecified atom stereocenters. The van der Waals surface area contributed by atoms with Crippen molar-refractivity contribution < 1.29 is 0 Å². The van der Waals surface area contributed by atoms with Gasteiger partial charge >= 0.3 is 0 Å². The third-order valence-corrected chi connectivity index (χ3v) is 3.36. The molecule has 0 atom stereocenters. The summed E-state index contributed by atoms with van der Waals surface area (Å²) in [5.74, 6) is 0. The summed E-state index contributed by atoms with van der Waals surface area (Å²) < 4.78 is 0. The summed E-state index contributed by atoms with van der Waals surface area (Å²) in [5, 5.41) is 3.41. The Kier molecular flexibility index (Phi) is 5.56. The summed E-state index contributed by atoms with van der Waals surface area (Å²) >= 11 is 0. The van der Waals surface area contributed by atoms with Crippen LogP contribution < -0.4 is 10.2 Å². The molecule has 0 fully saturated rings. The van der Waals surface area contributed by atoms with Crippen molar-refractivity contribution in [1.82, 2.24) is 10.3 Å². The van der Waals surface area contributed by atoms with Crippen LogP contribution in [0.15, 0.2) is 48.7 Å². The summed E-state index contributed by atoms with van der Waals surface area (Å²) in [7, 11) is 0. The maximum atomic E-state index is 4.43. The lowest BCUT2D eigenvalue weighted by Crippen LogP contribution is -2.25. The summed E-state index contributed by atoms with van der Waals surface area (Å²) in [6.45, 7) is 8.04. The van der Waals surface area contributed by atoms with E-state index in [4.69, 9.17) is 0 Å². The van der Waals surface area contributed by atoms with Crippen LogP contribution in [0.4, 0.5) is 5.69 Å². The van der Waals surface area contributed by atoms with Gasteiger partial charge in [-0.2, -0.15) is 0 Å². The number of aromatic nitrogens is 1. The van der Waals surface area contributed by atoms with E-state index in [2.05, 4.69) is 59.4 Å². The van der Waals surface area contributed by atoms with Crippen molar-refractivity contribution in [3.05, 3.63) is 59.9 Å². The van der Waals surface area contributed by atoms with E-state index in [0.717, 1.165) is 31.9 Å². The van der Waals surface area contributed by atoms with Crippen LogP contribution in [-0.2, 0) is 13.1 Å². The highest BCUT2D eigenvalue weighted by atomic mass is 15.1. The average molecular weight is 269 g/mol. The SMILES string of the molecule is CCNCc1ccccc1N(CC)Cc1ccccn1. The van der Waals surface area contributed by atoms with Gasteiger partial charge in [-0.15, -0.1) is 0 Å². The summed E-state index contributed by atoms with van der Waals surface area (Å²) in [6, 6.07) is 14.7. The zero-order valence-corrected chi connectivity index (χ0v) is 12.3. The van der Waals surface area contributed by atoms with Crippen molar-refractivity contribution in [3.63, 3.8) is 0 Å². The molecular formula is C17H23N3. The van der Waals surface area contributed by atoms with Crippen LogP contribution >= 0.6 is 0 Å². The third kappa shape index (κ3) is 3.81. The van der Waals surface area contributed by atoms with E-state index >= 15 is 0 Å². The van der Waals surface area contributed by atoms with Gasteiger partial charge in [-0.05, 0) is 37.2 Å². The highest BCUT2D eigenvalue weighted by Crippen LogP contribution is 2.21. The summed E-state index contributed by atoms with van der Waals surface area (Å²) in [5.41, 5.74) is 3.74. The van der Waals surface area contributed by atoms with E-state index in [-0.39, 0.29) is 0 Å². The Morgan fingerprint density at radius 3 is 2.55 bits per heavy atom. The van der Waals surface area contributed by atoms with Crippen molar-refractivity contribution in [3.8, 4) is 0 Å². The number of rotatable bonds is 7. The standard InChI is InChI=1S/C17H23N3/c1-3-18-13-15-9-5-6-11-17(15)20(4-2)14-16-10-7-8-12-19-16/h5-12,18H,3-4,13-14H2,1-2H3. The van der Waals surface area contributed by atoms with Crippen molar-refractivity contribution in [2.24, 2.45) is 0 Å². The lowest BCUT2D eigenvalue weighted by atomic mass is 10.1. The van der Waals surface area contributed by atoms with Gasteiger partial charge < -0.3 is 10.2 Å². The predicted octanol–water partition coefficient (Wildman–Crippen LogP) is 3.22. The molecule has 0 bridgehead atoms. The number of anilines is 1. The van der Waals surface area contributed by atoms with Crippen molar-refractivity contribution in [2.75, 3.05) is 18.0 Å². The van der Waals surface area contributed by atoms with Gasteiger partial charge in [0.1, 0.15) is 0 Å². The number of pyridine rings is 1. The second-order valence-electron chi connectivity index (χ2n) is 4.74. The number of hydrogen-bond acceptors (Lipinski definition) is 3. The maximum absolute atomic E-state index is 4.43. The topological polar surface area (TPSA) is 28.2 Å². The number of benzene rings is 1. The van der Waals surface area contributed by atoms with Gasteiger partial charge in [-0.1, -0.05) is 31.2 Å². The molecule has 0 saturated heterocycles. The van der Waals surface area contributed by atoms with Gasteiger partial charge in [0.25, 0.3) is 0 Å². The Bertz CT molecular complexity index is 511. The molecule has 1 N–H and O–H groups in total. The molecule has 0 amide bonds. The minimum Gasteiger partial charge on any atom is -0.366 e. The molecule has 0 saturated carbocycles. The second kappa shape index (κ2) is 7.65. The number of nitrogens with one attached hydrogen (secondary N) is 1. The molecule has 0 radical (unpaired) electrons. The van der Waals surface area contributed by atoms with Crippen molar-refractivity contribution in [2.45, 2.75) is 26.9 Å². The number of hydrogen-bond donors (Lipinski definition) is 1. The van der Waals surface area contributed by atoms with Crippen LogP contribution in [0.1, 0.15) is 25.1 Å². The lowest BCUT2D eigenvalue weighted by molar-refractivity contribution is 0.717. The lowest BCUT2D eigenvalue weighted by Gasteiger charge is -2.25. The fourth-order valence-electron chi connectivity index (χ4n) is 2.28. The molecule has 3 heteroatoms. The summed E-state index contributed by atoms with van der Waals surface area (Å²) in [4.78, 5) is 6.80. The molecule has 1 aromatic heterocycles. The quantitative estimate of drug-likeness (QED) is 0.836. The van der Waals surface area contributed by atoms with Gasteiger partial charge in [-0.25, -0.2) is 0 Å². The first-order valence-corrected chi connectivity index (χ1v) is 7.28. The predicted molar refractivity (Wildman–Crippen MR) is 84.8 cm³/mol. The molecule has 20 heavy (non-hydrogen) atoms. The first kappa shape index (κ1) is 14.5. The molecule has 106 valence electrons. The molecule has 1 aromatic carbocycles. The van der Waals surface area contributed by atoms with E-state index in [1.807, 2.05) is 18.3 Å². The molecule has 0 aliphatic rings. The van der Waals surface area contributed by atoms with Crippen LogP contribution in [0.2, 0.25) is 0 Å². The monoisotopic (exact) mass is 269 g/mol. The highest BCUT2D eigenvalue weighted by molar-refractivity contribution is 5.53. The Labute approximate surface area is 121 Å². The van der Waals surface area contributed by atoms with Gasteiger partial charge in [0.15, 0.2) is 0 Å². The van der Waals surface area contributed by atoms with Crippen LogP contribution in [-0.4, -0.2) is 18.1 Å². The molecule has 2 aromatic rings. The zero-order valence-electron chi connectivity index (χ0n) is 12.3. The Hall–Kier alpha value is -1.87. The minimum absolute atomic E-state index is 0.848. The number of para-hydroxylation sites is 1. The van der Waals surface area contributed by atoms with Crippen LogP contribution in [0, 0.1) is 0 Å². The van der Waals surface area contributed by atoms with E-state index in [0.29, 0.717) is 0 Å². The number of nitrogens with zero attached hydrogens (tertiary/aromatic N) is 2. The Balaban J connectivity index is 2.18. The molecular weight excluding hydrogens is 246 g/mol. The van der Waals surface area contributed by atoms with Gasteiger partial charge in [-0.3, -0.25) is 4.98 Å². The molecule has 0 aliphatic heterocycles. The van der Waals surface area contributed by atoms with E-state index in [9.17, 15) is 0 Å². The van der Waals surface area contributed by atoms with Crippen molar-refractivity contribution >= 4 is 5.69 Å². The first-order chi connectivity index (χ1) is 9.85.